The van der Waals surface area contributed by atoms with E-state index >= 15 is 0 Å². The summed E-state index contributed by atoms with van der Waals surface area (Å²) in [5.74, 6) is 0. The van der Waals surface area contributed by atoms with E-state index in [4.69, 9.17) is 0 Å². The first-order valence-corrected chi connectivity index (χ1v) is 5.56. The number of carbonyl (C=O) groups excluding carboxylic acids is 1. The lowest BCUT2D eigenvalue weighted by Crippen LogP contribution is -2.14. The van der Waals surface area contributed by atoms with Crippen LogP contribution in [0.2, 0.25) is 0 Å². The van der Waals surface area contributed by atoms with Crippen LogP contribution in [0.5, 0.6) is 0 Å². The Bertz CT molecular complexity index is 532. The maximum Gasteiger partial charge on any atom is 0.237 e. The Morgan fingerprint density at radius 2 is 1.39 bits per heavy atom. The van der Waals surface area contributed by atoms with Crippen molar-refractivity contribution in [3.63, 3.8) is 0 Å². The monoisotopic (exact) mass is 239 g/mol. The predicted molar refractivity (Wildman–Crippen MR) is 72.1 cm³/mol. The van der Waals surface area contributed by atoms with Crippen molar-refractivity contribution in [1.29, 1.82) is 0 Å². The van der Waals surface area contributed by atoms with Crippen LogP contribution in [0.3, 0.4) is 0 Å². The van der Waals surface area contributed by atoms with Crippen LogP contribution in [0.1, 0.15) is 11.1 Å². The van der Waals surface area contributed by atoms with Gasteiger partial charge in [0.2, 0.25) is 6.41 Å². The highest BCUT2D eigenvalue weighted by Gasteiger charge is 1.98. The van der Waals surface area contributed by atoms with Crippen LogP contribution in [0.25, 0.3) is 12.2 Å². The average Bonchev–Trinajstić information content (AvgIpc) is 2.46. The first-order valence-electron chi connectivity index (χ1n) is 5.56. The molecule has 0 aromatic heterocycles. The molecule has 0 aliphatic heterocycles. The summed E-state index contributed by atoms with van der Waals surface area (Å²) in [6, 6.07) is 17.0. The number of carbonyl (C=O) groups is 1. The molecule has 1 amide bonds. The normalized spacial score (nSPS) is 10.5. The molecule has 0 atom stereocenters. The van der Waals surface area contributed by atoms with Gasteiger partial charge in [-0.15, -0.1) is 0 Å². The second-order valence-electron chi connectivity index (χ2n) is 3.79. The molecule has 0 spiro atoms. The molecular formula is C15H13NO2. The van der Waals surface area contributed by atoms with Crippen molar-refractivity contribution in [3.8, 4) is 0 Å². The van der Waals surface area contributed by atoms with Gasteiger partial charge in [0.25, 0.3) is 0 Å². The minimum atomic E-state index is 0.356. The Morgan fingerprint density at radius 3 is 1.94 bits per heavy atom. The van der Waals surface area contributed by atoms with Gasteiger partial charge in [0, 0.05) is 0 Å². The van der Waals surface area contributed by atoms with Crippen LogP contribution in [0.4, 0.5) is 5.69 Å². The topological polar surface area (TPSA) is 40.5 Å². The lowest BCUT2D eigenvalue weighted by molar-refractivity contribution is -0.111. The van der Waals surface area contributed by atoms with Gasteiger partial charge in [0.1, 0.15) is 0 Å². The molecule has 0 aliphatic rings. The average molecular weight is 239 g/mol. The molecule has 0 saturated heterocycles. The summed E-state index contributed by atoms with van der Waals surface area (Å²) in [7, 11) is 0. The lowest BCUT2D eigenvalue weighted by atomic mass is 10.1. The van der Waals surface area contributed by atoms with E-state index in [0.717, 1.165) is 11.1 Å². The molecule has 0 saturated carbocycles. The molecule has 0 bridgehead atoms. The highest BCUT2D eigenvalue weighted by molar-refractivity contribution is 5.74. The Balaban J connectivity index is 2.11. The number of hydrogen-bond donors (Lipinski definition) is 1. The quantitative estimate of drug-likeness (QED) is 0.385. The lowest BCUT2D eigenvalue weighted by Gasteiger charge is -2.07. The molecule has 3 nitrogen and oxygen atoms in total. The molecule has 0 heterocycles. The van der Waals surface area contributed by atoms with Gasteiger partial charge in [-0.2, -0.15) is 5.06 Å². The van der Waals surface area contributed by atoms with Crippen molar-refractivity contribution in [3.05, 3.63) is 65.7 Å². The number of hydrogen-bond acceptors (Lipinski definition) is 2. The van der Waals surface area contributed by atoms with Crippen LogP contribution < -0.4 is 5.06 Å². The molecule has 90 valence electrons. The summed E-state index contributed by atoms with van der Waals surface area (Å²) < 4.78 is 0. The zero-order valence-electron chi connectivity index (χ0n) is 9.73. The number of hydroxylamine groups is 1. The fourth-order valence-electron chi connectivity index (χ4n) is 1.56. The highest BCUT2D eigenvalue weighted by Crippen LogP contribution is 2.14. The third-order valence-corrected chi connectivity index (χ3v) is 2.53. The van der Waals surface area contributed by atoms with Gasteiger partial charge in [0.05, 0.1) is 5.69 Å². The fourth-order valence-corrected chi connectivity index (χ4v) is 1.56. The summed E-state index contributed by atoms with van der Waals surface area (Å²) in [6.45, 7) is 0. The zero-order valence-corrected chi connectivity index (χ0v) is 9.73. The number of rotatable bonds is 4. The molecule has 0 aliphatic carbocycles. The van der Waals surface area contributed by atoms with Crippen molar-refractivity contribution in [2.24, 2.45) is 0 Å². The number of nitrogens with zero attached hydrogens (tertiary/aromatic N) is 1. The Kier molecular flexibility index (Phi) is 3.89. The SMILES string of the molecule is O=CN(O)c1ccc(C=Cc2ccccc2)cc1. The van der Waals surface area contributed by atoms with Crippen LogP contribution in [0.15, 0.2) is 54.6 Å². The van der Waals surface area contributed by atoms with E-state index in [-0.39, 0.29) is 0 Å². The van der Waals surface area contributed by atoms with E-state index in [1.54, 1.807) is 12.1 Å². The molecule has 3 heteroatoms. The van der Waals surface area contributed by atoms with Gasteiger partial charge in [-0.25, -0.2) is 0 Å². The molecule has 2 aromatic carbocycles. The Hall–Kier alpha value is -2.39. The summed E-state index contributed by atoms with van der Waals surface area (Å²) in [4.78, 5) is 10.4. The molecule has 0 unspecified atom stereocenters. The Labute approximate surface area is 106 Å². The first kappa shape index (κ1) is 12.1. The van der Waals surface area contributed by atoms with Gasteiger partial charge in [-0.1, -0.05) is 54.6 Å². The van der Waals surface area contributed by atoms with Crippen LogP contribution in [-0.2, 0) is 4.79 Å². The second kappa shape index (κ2) is 5.80. The highest BCUT2D eigenvalue weighted by atomic mass is 16.5. The smallest absolute Gasteiger partial charge is 0.237 e. The Morgan fingerprint density at radius 1 is 0.833 bits per heavy atom. The van der Waals surface area contributed by atoms with Gasteiger partial charge in [0.15, 0.2) is 0 Å². The molecule has 18 heavy (non-hydrogen) atoms. The molecule has 2 aromatic rings. The molecule has 0 radical (unpaired) electrons. The van der Waals surface area contributed by atoms with Gasteiger partial charge in [-0.05, 0) is 23.3 Å². The van der Waals surface area contributed by atoms with Crippen molar-refractivity contribution in [2.45, 2.75) is 0 Å². The van der Waals surface area contributed by atoms with Gasteiger partial charge < -0.3 is 0 Å². The van der Waals surface area contributed by atoms with Crippen LogP contribution in [-0.4, -0.2) is 11.6 Å². The number of amides is 1. The summed E-state index contributed by atoms with van der Waals surface area (Å²) in [5.41, 5.74) is 2.57. The number of benzene rings is 2. The predicted octanol–water partition coefficient (Wildman–Crippen LogP) is 3.21. The van der Waals surface area contributed by atoms with Crippen molar-refractivity contribution in [1.82, 2.24) is 0 Å². The standard InChI is InChI=1S/C15H13NO2/c17-12-16(18)15-10-8-14(9-11-15)7-6-13-4-2-1-3-5-13/h1-12,18H. The van der Waals surface area contributed by atoms with Crippen molar-refractivity contribution in [2.75, 3.05) is 5.06 Å². The van der Waals surface area contributed by atoms with Crippen molar-refractivity contribution >= 4 is 24.2 Å². The molecule has 0 fully saturated rings. The van der Waals surface area contributed by atoms with E-state index in [9.17, 15) is 10.0 Å². The maximum absolute atomic E-state index is 10.4. The second-order valence-corrected chi connectivity index (χ2v) is 3.79. The van der Waals surface area contributed by atoms with Crippen LogP contribution in [0, 0.1) is 0 Å². The molecule has 2 rings (SSSR count). The third-order valence-electron chi connectivity index (χ3n) is 2.53. The zero-order chi connectivity index (χ0) is 12.8. The fraction of sp³-hybridized carbons (Fsp3) is 0. The largest absolute Gasteiger partial charge is 0.281 e. The first-order chi connectivity index (χ1) is 8.79. The minimum absolute atomic E-state index is 0.356. The summed E-state index contributed by atoms with van der Waals surface area (Å²) in [6.07, 6.45) is 4.34. The van der Waals surface area contributed by atoms with E-state index in [2.05, 4.69) is 0 Å². The summed E-state index contributed by atoms with van der Waals surface area (Å²) >= 11 is 0. The molecule has 1 N–H and O–H groups in total. The van der Waals surface area contributed by atoms with E-state index in [1.165, 1.54) is 0 Å². The van der Waals surface area contributed by atoms with E-state index in [1.807, 2.05) is 54.6 Å². The van der Waals surface area contributed by atoms with Gasteiger partial charge in [-0.3, -0.25) is 10.0 Å². The van der Waals surface area contributed by atoms with E-state index in [0.29, 0.717) is 17.2 Å². The van der Waals surface area contributed by atoms with Gasteiger partial charge >= 0.3 is 0 Å². The number of anilines is 1. The van der Waals surface area contributed by atoms with Crippen LogP contribution >= 0.6 is 0 Å². The van der Waals surface area contributed by atoms with E-state index < -0.39 is 0 Å². The molecular weight excluding hydrogens is 226 g/mol. The summed E-state index contributed by atoms with van der Waals surface area (Å²) in [5, 5.41) is 9.72. The maximum atomic E-state index is 10.4. The third kappa shape index (κ3) is 3.06. The van der Waals surface area contributed by atoms with Crippen molar-refractivity contribution < 1.29 is 10.0 Å². The minimum Gasteiger partial charge on any atom is -0.281 e.